The summed E-state index contributed by atoms with van der Waals surface area (Å²) >= 11 is 0. The predicted molar refractivity (Wildman–Crippen MR) is 100 cm³/mol. The van der Waals surface area contributed by atoms with E-state index in [1.54, 1.807) is 24.1 Å². The number of nitrogens with zero attached hydrogens (tertiary/aromatic N) is 2. The lowest BCUT2D eigenvalue weighted by molar-refractivity contribution is 0.203. The third-order valence-corrected chi connectivity index (χ3v) is 4.62. The first-order valence-corrected chi connectivity index (χ1v) is 8.71. The van der Waals surface area contributed by atoms with Crippen LogP contribution in [0.25, 0.3) is 0 Å². The third-order valence-electron chi connectivity index (χ3n) is 4.62. The number of carbonyl (C=O) groups is 1. The number of methoxy groups -OCH3 is 1. The van der Waals surface area contributed by atoms with E-state index in [9.17, 15) is 9.18 Å². The van der Waals surface area contributed by atoms with Crippen LogP contribution in [0.3, 0.4) is 0 Å². The summed E-state index contributed by atoms with van der Waals surface area (Å²) in [4.78, 5) is 16.3. The van der Waals surface area contributed by atoms with Gasteiger partial charge in [-0.2, -0.15) is 0 Å². The van der Waals surface area contributed by atoms with Gasteiger partial charge < -0.3 is 19.9 Å². The van der Waals surface area contributed by atoms with Crippen molar-refractivity contribution in [2.75, 3.05) is 32.1 Å². The fourth-order valence-corrected chi connectivity index (χ4v) is 3.19. The highest BCUT2D eigenvalue weighted by atomic mass is 19.1. The molecule has 0 aliphatic carbocycles. The second-order valence-corrected chi connectivity index (χ2v) is 6.54. The van der Waals surface area contributed by atoms with E-state index in [0.717, 1.165) is 25.1 Å². The van der Waals surface area contributed by atoms with Crippen LogP contribution in [0.4, 0.5) is 14.9 Å². The molecular formula is C20H24FN3O2. The first-order chi connectivity index (χ1) is 12.6. The van der Waals surface area contributed by atoms with Crippen molar-refractivity contribution < 1.29 is 13.9 Å². The van der Waals surface area contributed by atoms with Crippen LogP contribution in [-0.4, -0.2) is 44.2 Å². The van der Waals surface area contributed by atoms with Crippen LogP contribution in [0.1, 0.15) is 12.0 Å². The number of carbonyl (C=O) groups excluding carboxylic acids is 1. The minimum absolute atomic E-state index is 0.109. The molecular weight excluding hydrogens is 333 g/mol. The molecule has 1 atom stereocenters. The van der Waals surface area contributed by atoms with Crippen molar-refractivity contribution in [1.29, 1.82) is 0 Å². The van der Waals surface area contributed by atoms with E-state index >= 15 is 0 Å². The number of urea groups is 1. The zero-order chi connectivity index (χ0) is 18.5. The second kappa shape index (κ2) is 8.08. The molecule has 1 N–H and O–H groups in total. The van der Waals surface area contributed by atoms with Gasteiger partial charge in [0.1, 0.15) is 0 Å². The Balaban J connectivity index is 1.52. The standard InChI is InChI=1S/C20H24FN3O2/c1-23(13-15-8-9-19(26-2)18(21)12-15)20(25)22-16-10-11-24(14-16)17-6-4-3-5-7-17/h3-9,12,16H,10-11,13-14H2,1-2H3,(H,22,25). The summed E-state index contributed by atoms with van der Waals surface area (Å²) in [5.74, 6) is -0.221. The molecule has 2 aromatic rings. The van der Waals surface area contributed by atoms with E-state index in [2.05, 4.69) is 22.3 Å². The first-order valence-electron chi connectivity index (χ1n) is 8.71. The molecule has 1 heterocycles. The van der Waals surface area contributed by atoms with Gasteiger partial charge in [-0.05, 0) is 36.2 Å². The maximum absolute atomic E-state index is 13.8. The SMILES string of the molecule is COc1ccc(CN(C)C(=O)NC2CCN(c3ccccc3)C2)cc1F. The number of anilines is 1. The molecule has 0 spiro atoms. The van der Waals surface area contributed by atoms with Crippen LogP contribution in [-0.2, 0) is 6.54 Å². The van der Waals surface area contributed by atoms with E-state index in [1.807, 2.05) is 18.2 Å². The highest BCUT2D eigenvalue weighted by Gasteiger charge is 2.25. The topological polar surface area (TPSA) is 44.8 Å². The normalized spacial score (nSPS) is 16.4. The molecule has 1 aliphatic heterocycles. The van der Waals surface area contributed by atoms with E-state index < -0.39 is 5.82 Å². The Labute approximate surface area is 153 Å². The molecule has 2 amide bonds. The van der Waals surface area contributed by atoms with E-state index in [1.165, 1.54) is 18.9 Å². The molecule has 0 saturated carbocycles. The van der Waals surface area contributed by atoms with Crippen LogP contribution in [0.5, 0.6) is 5.75 Å². The van der Waals surface area contributed by atoms with Gasteiger partial charge in [0.15, 0.2) is 11.6 Å². The average molecular weight is 357 g/mol. The van der Waals surface area contributed by atoms with Crippen LogP contribution in [0, 0.1) is 5.82 Å². The van der Waals surface area contributed by atoms with Crippen LogP contribution in [0.2, 0.25) is 0 Å². The van der Waals surface area contributed by atoms with E-state index in [-0.39, 0.29) is 17.8 Å². The summed E-state index contributed by atoms with van der Waals surface area (Å²) < 4.78 is 18.7. The van der Waals surface area contributed by atoms with Gasteiger partial charge in [0.2, 0.25) is 0 Å². The van der Waals surface area contributed by atoms with Crippen molar-refractivity contribution >= 4 is 11.7 Å². The van der Waals surface area contributed by atoms with E-state index in [4.69, 9.17) is 4.74 Å². The number of hydrogen-bond donors (Lipinski definition) is 1. The Bertz CT molecular complexity index is 754. The Morgan fingerprint density at radius 2 is 2.08 bits per heavy atom. The molecule has 0 bridgehead atoms. The smallest absolute Gasteiger partial charge is 0.317 e. The number of hydrogen-bond acceptors (Lipinski definition) is 3. The molecule has 1 aliphatic rings. The van der Waals surface area contributed by atoms with Gasteiger partial charge in [0.05, 0.1) is 7.11 Å². The summed E-state index contributed by atoms with van der Waals surface area (Å²) in [5, 5.41) is 3.06. The van der Waals surface area contributed by atoms with Gasteiger partial charge in [-0.15, -0.1) is 0 Å². The van der Waals surface area contributed by atoms with Gasteiger partial charge in [-0.25, -0.2) is 9.18 Å². The number of para-hydroxylation sites is 1. The van der Waals surface area contributed by atoms with Crippen molar-refractivity contribution in [3.63, 3.8) is 0 Å². The van der Waals surface area contributed by atoms with Crippen molar-refractivity contribution in [2.24, 2.45) is 0 Å². The molecule has 6 heteroatoms. The highest BCUT2D eigenvalue weighted by Crippen LogP contribution is 2.20. The summed E-state index contributed by atoms with van der Waals surface area (Å²) in [6.45, 7) is 2.05. The average Bonchev–Trinajstić information content (AvgIpc) is 3.11. The summed E-state index contributed by atoms with van der Waals surface area (Å²) in [5.41, 5.74) is 1.89. The monoisotopic (exact) mass is 357 g/mol. The summed E-state index contributed by atoms with van der Waals surface area (Å²) in [6.07, 6.45) is 0.908. The number of benzene rings is 2. The van der Waals surface area contributed by atoms with Crippen LogP contribution < -0.4 is 15.0 Å². The molecule has 2 aromatic carbocycles. The molecule has 26 heavy (non-hydrogen) atoms. The Morgan fingerprint density at radius 3 is 2.77 bits per heavy atom. The third kappa shape index (κ3) is 4.25. The molecule has 1 saturated heterocycles. The zero-order valence-corrected chi connectivity index (χ0v) is 15.1. The van der Waals surface area contributed by atoms with E-state index in [0.29, 0.717) is 6.54 Å². The number of nitrogens with one attached hydrogen (secondary N) is 1. The van der Waals surface area contributed by atoms with Crippen LogP contribution in [0.15, 0.2) is 48.5 Å². The maximum Gasteiger partial charge on any atom is 0.317 e. The molecule has 138 valence electrons. The van der Waals surface area contributed by atoms with Crippen molar-refractivity contribution in [1.82, 2.24) is 10.2 Å². The van der Waals surface area contributed by atoms with Crippen molar-refractivity contribution in [3.8, 4) is 5.75 Å². The predicted octanol–water partition coefficient (Wildman–Crippen LogP) is 3.25. The lowest BCUT2D eigenvalue weighted by Gasteiger charge is -2.22. The fraction of sp³-hybridized carbons (Fsp3) is 0.350. The van der Waals surface area contributed by atoms with Gasteiger partial charge in [0.25, 0.3) is 0 Å². The minimum Gasteiger partial charge on any atom is -0.494 e. The first kappa shape index (κ1) is 18.0. The molecule has 1 fully saturated rings. The highest BCUT2D eigenvalue weighted by molar-refractivity contribution is 5.74. The number of amides is 2. The molecule has 5 nitrogen and oxygen atoms in total. The number of halogens is 1. The molecule has 0 radical (unpaired) electrons. The van der Waals surface area contributed by atoms with Gasteiger partial charge in [-0.3, -0.25) is 0 Å². The number of ether oxygens (including phenoxy) is 1. The van der Waals surface area contributed by atoms with Gasteiger partial charge in [0, 0.05) is 38.4 Å². The number of rotatable bonds is 5. The van der Waals surface area contributed by atoms with Gasteiger partial charge >= 0.3 is 6.03 Å². The summed E-state index contributed by atoms with van der Waals surface area (Å²) in [7, 11) is 3.14. The molecule has 0 aromatic heterocycles. The Hall–Kier alpha value is -2.76. The van der Waals surface area contributed by atoms with Gasteiger partial charge in [-0.1, -0.05) is 24.3 Å². The molecule has 3 rings (SSSR count). The maximum atomic E-state index is 13.8. The largest absolute Gasteiger partial charge is 0.494 e. The Morgan fingerprint density at radius 1 is 1.31 bits per heavy atom. The molecule has 1 unspecified atom stereocenters. The summed E-state index contributed by atoms with van der Waals surface area (Å²) in [6, 6.07) is 14.9. The van der Waals surface area contributed by atoms with Crippen LogP contribution >= 0.6 is 0 Å². The lowest BCUT2D eigenvalue weighted by Crippen LogP contribution is -2.44. The Kier molecular flexibility index (Phi) is 5.61. The second-order valence-electron chi connectivity index (χ2n) is 6.54. The van der Waals surface area contributed by atoms with Crippen molar-refractivity contribution in [3.05, 3.63) is 59.9 Å². The quantitative estimate of drug-likeness (QED) is 0.893. The fourth-order valence-electron chi connectivity index (χ4n) is 3.19. The van der Waals surface area contributed by atoms with Crippen molar-refractivity contribution in [2.45, 2.75) is 19.0 Å². The lowest BCUT2D eigenvalue weighted by atomic mass is 10.2. The minimum atomic E-state index is -0.423. The zero-order valence-electron chi connectivity index (χ0n) is 15.1.